The predicted molar refractivity (Wildman–Crippen MR) is 72.3 cm³/mol. The van der Waals surface area contributed by atoms with Gasteiger partial charge < -0.3 is 10.3 Å². The average molecular weight is 291 g/mol. The molecule has 3 aromatic rings. The van der Waals surface area contributed by atoms with Crippen molar-refractivity contribution in [2.75, 3.05) is 5.73 Å². The monoisotopic (exact) mass is 290 g/mol. The Kier molecular flexibility index (Phi) is 3.08. The maximum atomic E-state index is 13.1. The summed E-state index contributed by atoms with van der Waals surface area (Å²) in [5.74, 6) is 0.521. The number of nitrogen functional groups attached to an aromatic ring is 1. The molecule has 0 aliphatic rings. The Balaban J connectivity index is 1.97. The third-order valence-corrected chi connectivity index (χ3v) is 2.93. The normalized spacial score (nSPS) is 10.7. The highest BCUT2D eigenvalue weighted by Gasteiger charge is 2.12. The highest BCUT2D eigenvalue weighted by molar-refractivity contribution is 6.31. The molecule has 0 amide bonds. The fourth-order valence-corrected chi connectivity index (χ4v) is 1.81. The zero-order valence-electron chi connectivity index (χ0n) is 10.0. The van der Waals surface area contributed by atoms with Crippen LogP contribution in [0.15, 0.2) is 41.1 Å². The number of aromatic nitrogens is 3. The molecule has 2 aromatic heterocycles. The van der Waals surface area contributed by atoms with Gasteiger partial charge in [-0.2, -0.15) is 4.98 Å². The predicted octanol–water partition coefficient (Wildman–Crippen LogP) is 3.17. The Labute approximate surface area is 118 Å². The first kappa shape index (κ1) is 12.6. The Morgan fingerprint density at radius 1 is 1.15 bits per heavy atom. The molecule has 0 unspecified atom stereocenters. The molecule has 0 spiro atoms. The molecule has 7 heteroatoms. The summed E-state index contributed by atoms with van der Waals surface area (Å²) in [7, 11) is 0. The standard InChI is InChI=1S/C13H8ClFN4O/c14-9-5-7(1-3-10(9)15)12-18-13(20-19-12)8-2-4-11(16)17-6-8/h1-6H,(H2,16,17). The zero-order chi connectivity index (χ0) is 14.1. The molecule has 3 rings (SSSR count). The van der Waals surface area contributed by atoms with Crippen LogP contribution in [0, 0.1) is 5.82 Å². The van der Waals surface area contributed by atoms with Crippen molar-refractivity contribution in [3.8, 4) is 22.8 Å². The van der Waals surface area contributed by atoms with Crippen LogP contribution in [0.2, 0.25) is 5.02 Å². The summed E-state index contributed by atoms with van der Waals surface area (Å²) >= 11 is 5.72. The van der Waals surface area contributed by atoms with Gasteiger partial charge in [0.2, 0.25) is 5.82 Å². The fourth-order valence-electron chi connectivity index (χ4n) is 1.63. The third-order valence-electron chi connectivity index (χ3n) is 2.64. The van der Waals surface area contributed by atoms with Gasteiger partial charge in [-0.05, 0) is 30.3 Å². The Morgan fingerprint density at radius 2 is 1.95 bits per heavy atom. The first-order valence-corrected chi connectivity index (χ1v) is 6.02. The van der Waals surface area contributed by atoms with E-state index in [2.05, 4.69) is 15.1 Å². The molecule has 2 heterocycles. The van der Waals surface area contributed by atoms with Crippen LogP contribution in [0.1, 0.15) is 0 Å². The Bertz CT molecular complexity index is 757. The first-order chi connectivity index (χ1) is 9.63. The Hall–Kier alpha value is -2.47. The van der Waals surface area contributed by atoms with Crippen molar-refractivity contribution < 1.29 is 8.91 Å². The SMILES string of the molecule is Nc1ccc(-c2nc(-c3ccc(F)c(Cl)c3)no2)cn1. The number of pyridine rings is 1. The molecule has 100 valence electrons. The van der Waals surface area contributed by atoms with Gasteiger partial charge in [-0.15, -0.1) is 0 Å². The van der Waals surface area contributed by atoms with E-state index in [4.69, 9.17) is 21.9 Å². The van der Waals surface area contributed by atoms with Crippen LogP contribution in [-0.4, -0.2) is 15.1 Å². The van der Waals surface area contributed by atoms with E-state index in [-0.39, 0.29) is 5.02 Å². The van der Waals surface area contributed by atoms with E-state index in [9.17, 15) is 4.39 Å². The van der Waals surface area contributed by atoms with Crippen LogP contribution in [0.3, 0.4) is 0 Å². The minimum Gasteiger partial charge on any atom is -0.384 e. The van der Waals surface area contributed by atoms with E-state index in [0.29, 0.717) is 28.7 Å². The topological polar surface area (TPSA) is 77.8 Å². The van der Waals surface area contributed by atoms with Crippen LogP contribution in [0.4, 0.5) is 10.2 Å². The lowest BCUT2D eigenvalue weighted by Crippen LogP contribution is -1.89. The van der Waals surface area contributed by atoms with Gasteiger partial charge in [0, 0.05) is 11.8 Å². The van der Waals surface area contributed by atoms with Crippen molar-refractivity contribution in [1.29, 1.82) is 0 Å². The summed E-state index contributed by atoms with van der Waals surface area (Å²) in [4.78, 5) is 8.15. The molecule has 20 heavy (non-hydrogen) atoms. The molecule has 0 atom stereocenters. The maximum Gasteiger partial charge on any atom is 0.259 e. The summed E-state index contributed by atoms with van der Waals surface area (Å²) in [5, 5.41) is 3.83. The van der Waals surface area contributed by atoms with Crippen molar-refractivity contribution in [3.63, 3.8) is 0 Å². The van der Waals surface area contributed by atoms with E-state index >= 15 is 0 Å². The van der Waals surface area contributed by atoms with E-state index in [1.54, 1.807) is 12.1 Å². The molecule has 0 bridgehead atoms. The highest BCUT2D eigenvalue weighted by Crippen LogP contribution is 2.25. The summed E-state index contributed by atoms with van der Waals surface area (Å²) in [6.45, 7) is 0. The number of rotatable bonds is 2. The number of hydrogen-bond donors (Lipinski definition) is 1. The van der Waals surface area contributed by atoms with Crippen molar-refractivity contribution in [1.82, 2.24) is 15.1 Å². The van der Waals surface area contributed by atoms with Gasteiger partial charge in [0.1, 0.15) is 11.6 Å². The molecular formula is C13H8ClFN4O. The zero-order valence-corrected chi connectivity index (χ0v) is 10.8. The van der Waals surface area contributed by atoms with Crippen molar-refractivity contribution in [2.24, 2.45) is 0 Å². The van der Waals surface area contributed by atoms with E-state index in [1.807, 2.05) is 0 Å². The van der Waals surface area contributed by atoms with Crippen LogP contribution >= 0.6 is 11.6 Å². The van der Waals surface area contributed by atoms with Gasteiger partial charge in [0.25, 0.3) is 5.89 Å². The van der Waals surface area contributed by atoms with E-state index < -0.39 is 5.82 Å². The van der Waals surface area contributed by atoms with E-state index in [1.165, 1.54) is 24.4 Å². The van der Waals surface area contributed by atoms with Crippen LogP contribution in [0.25, 0.3) is 22.8 Å². The van der Waals surface area contributed by atoms with Crippen LogP contribution < -0.4 is 5.73 Å². The molecular weight excluding hydrogens is 283 g/mol. The number of halogens is 2. The molecule has 0 fully saturated rings. The lowest BCUT2D eigenvalue weighted by molar-refractivity contribution is 0.432. The number of nitrogens with two attached hydrogens (primary N) is 1. The van der Waals surface area contributed by atoms with Gasteiger partial charge in [0.15, 0.2) is 0 Å². The number of anilines is 1. The van der Waals surface area contributed by atoms with E-state index in [0.717, 1.165) is 0 Å². The summed E-state index contributed by atoms with van der Waals surface area (Å²) < 4.78 is 18.2. The van der Waals surface area contributed by atoms with Crippen molar-refractivity contribution >= 4 is 17.4 Å². The van der Waals surface area contributed by atoms with Gasteiger partial charge in [-0.25, -0.2) is 9.37 Å². The third kappa shape index (κ3) is 2.33. The molecule has 0 saturated heterocycles. The lowest BCUT2D eigenvalue weighted by atomic mass is 10.2. The van der Waals surface area contributed by atoms with Crippen molar-refractivity contribution in [2.45, 2.75) is 0 Å². The minimum absolute atomic E-state index is 0.00278. The first-order valence-electron chi connectivity index (χ1n) is 5.64. The van der Waals surface area contributed by atoms with Gasteiger partial charge in [-0.1, -0.05) is 16.8 Å². The average Bonchev–Trinajstić information content (AvgIpc) is 2.92. The molecule has 0 saturated carbocycles. The smallest absolute Gasteiger partial charge is 0.259 e. The van der Waals surface area contributed by atoms with Gasteiger partial charge in [-0.3, -0.25) is 0 Å². The molecule has 0 aliphatic heterocycles. The molecule has 1 aromatic carbocycles. The second-order valence-electron chi connectivity index (χ2n) is 4.02. The lowest BCUT2D eigenvalue weighted by Gasteiger charge is -1.96. The molecule has 2 N–H and O–H groups in total. The summed E-state index contributed by atoms with van der Waals surface area (Å²) in [5.41, 5.74) is 6.71. The Morgan fingerprint density at radius 3 is 2.65 bits per heavy atom. The number of benzene rings is 1. The minimum atomic E-state index is -0.498. The fraction of sp³-hybridized carbons (Fsp3) is 0. The second kappa shape index (κ2) is 4.90. The van der Waals surface area contributed by atoms with Gasteiger partial charge >= 0.3 is 0 Å². The summed E-state index contributed by atoms with van der Waals surface area (Å²) in [6, 6.07) is 7.56. The quantitative estimate of drug-likeness (QED) is 0.784. The number of nitrogens with zero attached hydrogens (tertiary/aromatic N) is 3. The molecule has 0 aliphatic carbocycles. The van der Waals surface area contributed by atoms with Crippen LogP contribution in [0.5, 0.6) is 0 Å². The maximum absolute atomic E-state index is 13.1. The highest BCUT2D eigenvalue weighted by atomic mass is 35.5. The van der Waals surface area contributed by atoms with Crippen LogP contribution in [-0.2, 0) is 0 Å². The largest absolute Gasteiger partial charge is 0.384 e. The second-order valence-corrected chi connectivity index (χ2v) is 4.43. The summed E-state index contributed by atoms with van der Waals surface area (Å²) in [6.07, 6.45) is 1.53. The molecule has 5 nitrogen and oxygen atoms in total. The van der Waals surface area contributed by atoms with Crippen molar-refractivity contribution in [3.05, 3.63) is 47.4 Å². The molecule has 0 radical (unpaired) electrons. The number of hydrogen-bond acceptors (Lipinski definition) is 5. The van der Waals surface area contributed by atoms with Gasteiger partial charge in [0.05, 0.1) is 10.6 Å².